The summed E-state index contributed by atoms with van der Waals surface area (Å²) < 4.78 is 5.30. The first-order valence-corrected chi connectivity index (χ1v) is 7.80. The number of carbonyl (C=O) groups excluding carboxylic acids is 1. The number of carbonyl (C=O) groups is 1. The van der Waals surface area contributed by atoms with Crippen molar-refractivity contribution in [3.05, 3.63) is 41.0 Å². The van der Waals surface area contributed by atoms with E-state index < -0.39 is 0 Å². The molecular weight excluding hydrogens is 302 g/mol. The molecule has 1 aromatic carbocycles. The predicted octanol–water partition coefficient (Wildman–Crippen LogP) is 2.95. The summed E-state index contributed by atoms with van der Waals surface area (Å²) in [7, 11) is 0. The van der Waals surface area contributed by atoms with Crippen molar-refractivity contribution >= 4 is 17.5 Å². The SMILES string of the molecule is NCC1CCCCN1C(=O)c1cc(-c2ccc(Cl)cc2)on1. The first kappa shape index (κ1) is 15.1. The van der Waals surface area contributed by atoms with Crippen molar-refractivity contribution in [3.63, 3.8) is 0 Å². The highest BCUT2D eigenvalue weighted by atomic mass is 35.5. The van der Waals surface area contributed by atoms with Gasteiger partial charge in [-0.3, -0.25) is 4.79 Å². The number of rotatable bonds is 3. The van der Waals surface area contributed by atoms with Crippen molar-refractivity contribution in [3.8, 4) is 11.3 Å². The average Bonchev–Trinajstić information content (AvgIpc) is 3.05. The van der Waals surface area contributed by atoms with Gasteiger partial charge >= 0.3 is 0 Å². The Morgan fingerprint density at radius 1 is 1.36 bits per heavy atom. The smallest absolute Gasteiger partial charge is 0.276 e. The van der Waals surface area contributed by atoms with E-state index in [9.17, 15) is 4.79 Å². The third-order valence-corrected chi connectivity index (χ3v) is 4.27. The molecule has 1 aromatic heterocycles. The molecule has 1 aliphatic heterocycles. The molecule has 1 fully saturated rings. The Kier molecular flexibility index (Phi) is 4.45. The summed E-state index contributed by atoms with van der Waals surface area (Å²) in [5.74, 6) is 0.445. The lowest BCUT2D eigenvalue weighted by Crippen LogP contribution is -2.47. The zero-order valence-corrected chi connectivity index (χ0v) is 12.9. The Labute approximate surface area is 134 Å². The van der Waals surface area contributed by atoms with Gasteiger partial charge in [-0.15, -0.1) is 0 Å². The van der Waals surface area contributed by atoms with Gasteiger partial charge in [-0.25, -0.2) is 0 Å². The molecule has 6 heteroatoms. The van der Waals surface area contributed by atoms with E-state index in [1.54, 1.807) is 18.2 Å². The van der Waals surface area contributed by atoms with E-state index in [4.69, 9.17) is 21.9 Å². The maximum absolute atomic E-state index is 12.6. The summed E-state index contributed by atoms with van der Waals surface area (Å²) in [5.41, 5.74) is 6.93. The number of halogens is 1. The van der Waals surface area contributed by atoms with Crippen molar-refractivity contribution < 1.29 is 9.32 Å². The minimum Gasteiger partial charge on any atom is -0.355 e. The van der Waals surface area contributed by atoms with Gasteiger partial charge in [0.25, 0.3) is 5.91 Å². The van der Waals surface area contributed by atoms with Crippen LogP contribution in [0.5, 0.6) is 0 Å². The van der Waals surface area contributed by atoms with Crippen LogP contribution < -0.4 is 5.73 Å². The van der Waals surface area contributed by atoms with Crippen molar-refractivity contribution in [2.24, 2.45) is 5.73 Å². The number of benzene rings is 1. The highest BCUT2D eigenvalue weighted by molar-refractivity contribution is 6.30. The number of nitrogens with zero attached hydrogens (tertiary/aromatic N) is 2. The van der Waals surface area contributed by atoms with Crippen molar-refractivity contribution in [1.82, 2.24) is 10.1 Å². The number of hydrogen-bond donors (Lipinski definition) is 1. The number of likely N-dealkylation sites (tertiary alicyclic amines) is 1. The molecule has 0 aliphatic carbocycles. The molecule has 1 atom stereocenters. The maximum Gasteiger partial charge on any atom is 0.276 e. The minimum atomic E-state index is -0.112. The Hall–Kier alpha value is -1.85. The lowest BCUT2D eigenvalue weighted by Gasteiger charge is -2.34. The topological polar surface area (TPSA) is 72.4 Å². The zero-order chi connectivity index (χ0) is 15.5. The fourth-order valence-electron chi connectivity index (χ4n) is 2.79. The normalized spacial score (nSPS) is 18.5. The molecule has 2 heterocycles. The second-order valence-electron chi connectivity index (χ2n) is 5.47. The van der Waals surface area contributed by atoms with Crippen LogP contribution in [-0.2, 0) is 0 Å². The molecule has 0 bridgehead atoms. The van der Waals surface area contributed by atoms with E-state index in [1.807, 2.05) is 17.0 Å². The molecule has 2 aromatic rings. The van der Waals surface area contributed by atoms with Gasteiger partial charge in [0, 0.05) is 35.8 Å². The van der Waals surface area contributed by atoms with Gasteiger partial charge in [0.1, 0.15) is 0 Å². The Morgan fingerprint density at radius 3 is 2.86 bits per heavy atom. The molecule has 0 spiro atoms. The first-order chi connectivity index (χ1) is 10.7. The second kappa shape index (κ2) is 6.50. The minimum absolute atomic E-state index is 0.0944. The third-order valence-electron chi connectivity index (χ3n) is 4.02. The van der Waals surface area contributed by atoms with E-state index in [0.717, 1.165) is 31.4 Å². The molecule has 1 aliphatic rings. The van der Waals surface area contributed by atoms with Crippen LogP contribution in [-0.4, -0.2) is 35.1 Å². The molecule has 5 nitrogen and oxygen atoms in total. The highest BCUT2D eigenvalue weighted by Crippen LogP contribution is 2.24. The number of aromatic nitrogens is 1. The first-order valence-electron chi connectivity index (χ1n) is 7.42. The van der Waals surface area contributed by atoms with Gasteiger partial charge in [0.2, 0.25) is 0 Å². The van der Waals surface area contributed by atoms with Gasteiger partial charge in [0.05, 0.1) is 0 Å². The monoisotopic (exact) mass is 319 g/mol. The zero-order valence-electron chi connectivity index (χ0n) is 12.2. The van der Waals surface area contributed by atoms with Gasteiger partial charge < -0.3 is 15.2 Å². The van der Waals surface area contributed by atoms with Crippen LogP contribution in [0.3, 0.4) is 0 Å². The Morgan fingerprint density at radius 2 is 2.14 bits per heavy atom. The molecule has 1 amide bonds. The van der Waals surface area contributed by atoms with E-state index >= 15 is 0 Å². The summed E-state index contributed by atoms with van der Waals surface area (Å²) in [6.45, 7) is 1.21. The second-order valence-corrected chi connectivity index (χ2v) is 5.90. The van der Waals surface area contributed by atoms with Crippen LogP contribution in [0.4, 0.5) is 0 Å². The van der Waals surface area contributed by atoms with Crippen LogP contribution >= 0.6 is 11.6 Å². The van der Waals surface area contributed by atoms with E-state index in [-0.39, 0.29) is 11.9 Å². The Bertz CT molecular complexity index is 654. The lowest BCUT2D eigenvalue weighted by atomic mass is 10.0. The van der Waals surface area contributed by atoms with Gasteiger partial charge in [-0.2, -0.15) is 0 Å². The van der Waals surface area contributed by atoms with Crippen LogP contribution in [0, 0.1) is 0 Å². The van der Waals surface area contributed by atoms with Crippen LogP contribution in [0.15, 0.2) is 34.9 Å². The fourth-order valence-corrected chi connectivity index (χ4v) is 2.91. The summed E-state index contributed by atoms with van der Waals surface area (Å²) in [4.78, 5) is 14.4. The number of piperidine rings is 1. The van der Waals surface area contributed by atoms with Crippen molar-refractivity contribution in [1.29, 1.82) is 0 Å². The molecule has 22 heavy (non-hydrogen) atoms. The molecule has 116 valence electrons. The van der Waals surface area contributed by atoms with Gasteiger partial charge in [0.15, 0.2) is 11.5 Å². The van der Waals surface area contributed by atoms with E-state index in [0.29, 0.717) is 23.0 Å². The maximum atomic E-state index is 12.6. The van der Waals surface area contributed by atoms with Gasteiger partial charge in [-0.05, 0) is 43.5 Å². The van der Waals surface area contributed by atoms with Crippen LogP contribution in [0.2, 0.25) is 5.02 Å². The molecule has 0 radical (unpaired) electrons. The van der Waals surface area contributed by atoms with Crippen molar-refractivity contribution in [2.45, 2.75) is 25.3 Å². The highest BCUT2D eigenvalue weighted by Gasteiger charge is 2.28. The molecule has 3 rings (SSSR count). The molecular formula is C16H18ClN3O2. The van der Waals surface area contributed by atoms with Gasteiger partial charge in [-0.1, -0.05) is 16.8 Å². The molecule has 2 N–H and O–H groups in total. The summed E-state index contributed by atoms with van der Waals surface area (Å²) in [6.07, 6.45) is 3.06. The average molecular weight is 320 g/mol. The molecule has 1 unspecified atom stereocenters. The van der Waals surface area contributed by atoms with E-state index in [2.05, 4.69) is 5.16 Å². The predicted molar refractivity (Wildman–Crippen MR) is 84.7 cm³/mol. The number of hydrogen-bond acceptors (Lipinski definition) is 4. The molecule has 0 saturated carbocycles. The Balaban J connectivity index is 1.80. The third kappa shape index (κ3) is 3.00. The molecule has 1 saturated heterocycles. The number of amides is 1. The fraction of sp³-hybridized carbons (Fsp3) is 0.375. The van der Waals surface area contributed by atoms with Crippen LogP contribution in [0.1, 0.15) is 29.8 Å². The standard InChI is InChI=1S/C16H18ClN3O2/c17-12-6-4-11(5-7-12)15-9-14(19-22-15)16(21)20-8-2-1-3-13(20)10-18/h4-7,9,13H,1-3,8,10,18H2. The largest absolute Gasteiger partial charge is 0.355 e. The lowest BCUT2D eigenvalue weighted by molar-refractivity contribution is 0.0613. The van der Waals surface area contributed by atoms with E-state index in [1.165, 1.54) is 0 Å². The van der Waals surface area contributed by atoms with Crippen molar-refractivity contribution in [2.75, 3.05) is 13.1 Å². The quantitative estimate of drug-likeness (QED) is 0.944. The van der Waals surface area contributed by atoms with Crippen LogP contribution in [0.25, 0.3) is 11.3 Å². The summed E-state index contributed by atoms with van der Waals surface area (Å²) in [6, 6.07) is 8.98. The summed E-state index contributed by atoms with van der Waals surface area (Å²) >= 11 is 5.87. The summed E-state index contributed by atoms with van der Waals surface area (Å²) in [5, 5.41) is 4.57. The number of nitrogens with two attached hydrogens (primary N) is 1.